The molecule has 2 rings (SSSR count). The molecule has 0 saturated carbocycles. The van der Waals surface area contributed by atoms with Crippen molar-refractivity contribution in [2.45, 2.75) is 0 Å². The van der Waals surface area contributed by atoms with Crippen LogP contribution in [-0.2, 0) is 0 Å². The lowest BCUT2D eigenvalue weighted by atomic mass is 10.3. The first-order valence-corrected chi connectivity index (χ1v) is 5.03. The Kier molecular flexibility index (Phi) is 2.91. The van der Waals surface area contributed by atoms with E-state index in [1.807, 2.05) is 0 Å². The molecule has 76 valence electrons. The molecule has 0 amide bonds. The lowest BCUT2D eigenvalue weighted by molar-refractivity contribution is 0.628. The Morgan fingerprint density at radius 1 is 1.20 bits per heavy atom. The van der Waals surface area contributed by atoms with Crippen LogP contribution in [0.25, 0.3) is 0 Å². The monoisotopic (exact) mass is 267 g/mol. The molecular formula is C10H7BrFN3. The number of nitrogens with one attached hydrogen (secondary N) is 1. The van der Waals surface area contributed by atoms with Crippen molar-refractivity contribution in [3.63, 3.8) is 0 Å². The summed E-state index contributed by atoms with van der Waals surface area (Å²) in [5.74, 6) is 0.329. The number of nitrogens with zero attached hydrogens (tertiary/aromatic N) is 2. The van der Waals surface area contributed by atoms with E-state index in [1.54, 1.807) is 18.2 Å². The van der Waals surface area contributed by atoms with E-state index in [9.17, 15) is 4.39 Å². The van der Waals surface area contributed by atoms with Gasteiger partial charge in [0.2, 0.25) is 0 Å². The van der Waals surface area contributed by atoms with Gasteiger partial charge in [-0.1, -0.05) is 6.07 Å². The molecular weight excluding hydrogens is 261 g/mol. The summed E-state index contributed by atoms with van der Waals surface area (Å²) >= 11 is 3.22. The van der Waals surface area contributed by atoms with Crippen LogP contribution < -0.4 is 5.32 Å². The maximum absolute atomic E-state index is 12.9. The SMILES string of the molecule is Fc1cccc(Nc2cc(Br)ncn2)c1. The van der Waals surface area contributed by atoms with Crippen LogP contribution in [-0.4, -0.2) is 9.97 Å². The zero-order chi connectivity index (χ0) is 10.7. The fourth-order valence-corrected chi connectivity index (χ4v) is 1.42. The third-order valence-corrected chi connectivity index (χ3v) is 2.16. The molecule has 0 unspecified atom stereocenters. The van der Waals surface area contributed by atoms with Gasteiger partial charge in [0.15, 0.2) is 0 Å². The normalized spacial score (nSPS) is 10.0. The van der Waals surface area contributed by atoms with Crippen LogP contribution in [0.2, 0.25) is 0 Å². The van der Waals surface area contributed by atoms with Gasteiger partial charge in [0.05, 0.1) is 0 Å². The van der Waals surface area contributed by atoms with Gasteiger partial charge < -0.3 is 5.32 Å². The first-order valence-electron chi connectivity index (χ1n) is 4.24. The molecule has 1 aromatic carbocycles. The molecule has 3 nitrogen and oxygen atoms in total. The molecule has 2 aromatic rings. The second-order valence-corrected chi connectivity index (χ2v) is 3.67. The highest BCUT2D eigenvalue weighted by Gasteiger charge is 1.98. The van der Waals surface area contributed by atoms with Crippen LogP contribution in [0.4, 0.5) is 15.9 Å². The van der Waals surface area contributed by atoms with Crippen molar-refractivity contribution in [2.75, 3.05) is 5.32 Å². The zero-order valence-corrected chi connectivity index (χ0v) is 9.20. The molecule has 0 bridgehead atoms. The minimum absolute atomic E-state index is 0.284. The number of rotatable bonds is 2. The number of halogens is 2. The van der Waals surface area contributed by atoms with E-state index < -0.39 is 0 Å². The van der Waals surface area contributed by atoms with Crippen LogP contribution in [0.1, 0.15) is 0 Å². The first-order chi connectivity index (χ1) is 7.24. The predicted octanol–water partition coefficient (Wildman–Crippen LogP) is 3.12. The van der Waals surface area contributed by atoms with Gasteiger partial charge in [0, 0.05) is 11.8 Å². The molecule has 0 aliphatic rings. The van der Waals surface area contributed by atoms with Crippen molar-refractivity contribution in [1.82, 2.24) is 9.97 Å². The highest BCUT2D eigenvalue weighted by molar-refractivity contribution is 9.10. The molecule has 0 atom stereocenters. The minimum atomic E-state index is -0.284. The van der Waals surface area contributed by atoms with Gasteiger partial charge in [-0.05, 0) is 34.1 Å². The standard InChI is InChI=1S/C10H7BrFN3/c11-9-5-10(14-6-13-9)15-8-3-1-2-7(12)4-8/h1-6H,(H,13,14,15). The summed E-state index contributed by atoms with van der Waals surface area (Å²) in [6.45, 7) is 0. The van der Waals surface area contributed by atoms with Crippen LogP contribution in [0.3, 0.4) is 0 Å². The summed E-state index contributed by atoms with van der Waals surface area (Å²) in [7, 11) is 0. The van der Waals surface area contributed by atoms with Crippen LogP contribution in [0.15, 0.2) is 41.3 Å². The van der Waals surface area contributed by atoms with E-state index in [-0.39, 0.29) is 5.82 Å². The van der Waals surface area contributed by atoms with Gasteiger partial charge in [-0.3, -0.25) is 0 Å². The first kappa shape index (κ1) is 10.0. The van der Waals surface area contributed by atoms with Crippen molar-refractivity contribution in [3.05, 3.63) is 47.1 Å². The average molecular weight is 268 g/mol. The van der Waals surface area contributed by atoms with E-state index in [0.29, 0.717) is 16.1 Å². The second-order valence-electron chi connectivity index (χ2n) is 2.86. The number of hydrogen-bond acceptors (Lipinski definition) is 3. The third-order valence-electron chi connectivity index (χ3n) is 1.73. The molecule has 0 fully saturated rings. The minimum Gasteiger partial charge on any atom is -0.340 e. The molecule has 0 aliphatic heterocycles. The molecule has 15 heavy (non-hydrogen) atoms. The van der Waals surface area contributed by atoms with E-state index in [4.69, 9.17) is 0 Å². The number of aromatic nitrogens is 2. The summed E-state index contributed by atoms with van der Waals surface area (Å²) in [4.78, 5) is 7.88. The Balaban J connectivity index is 2.22. The zero-order valence-electron chi connectivity index (χ0n) is 7.61. The van der Waals surface area contributed by atoms with Gasteiger partial charge >= 0.3 is 0 Å². The Labute approximate surface area is 94.5 Å². The Hall–Kier alpha value is -1.49. The molecule has 0 spiro atoms. The van der Waals surface area contributed by atoms with E-state index >= 15 is 0 Å². The van der Waals surface area contributed by atoms with Crippen LogP contribution in [0.5, 0.6) is 0 Å². The fraction of sp³-hybridized carbons (Fsp3) is 0. The maximum atomic E-state index is 12.9. The quantitative estimate of drug-likeness (QED) is 0.850. The van der Waals surface area contributed by atoms with Crippen LogP contribution in [0, 0.1) is 5.82 Å². The summed E-state index contributed by atoms with van der Waals surface area (Å²) in [5, 5.41) is 2.96. The number of anilines is 2. The molecule has 1 heterocycles. The van der Waals surface area contributed by atoms with Gasteiger partial charge in [0.1, 0.15) is 22.6 Å². The number of benzene rings is 1. The number of hydrogen-bond donors (Lipinski definition) is 1. The third kappa shape index (κ3) is 2.73. The molecule has 0 saturated heterocycles. The van der Waals surface area contributed by atoms with E-state index in [1.165, 1.54) is 18.5 Å². The Morgan fingerprint density at radius 3 is 2.80 bits per heavy atom. The van der Waals surface area contributed by atoms with Gasteiger partial charge in [-0.15, -0.1) is 0 Å². The van der Waals surface area contributed by atoms with Crippen molar-refractivity contribution in [2.24, 2.45) is 0 Å². The maximum Gasteiger partial charge on any atom is 0.134 e. The summed E-state index contributed by atoms with van der Waals surface area (Å²) in [6, 6.07) is 7.90. The topological polar surface area (TPSA) is 37.8 Å². The molecule has 0 aliphatic carbocycles. The van der Waals surface area contributed by atoms with Crippen LogP contribution >= 0.6 is 15.9 Å². The largest absolute Gasteiger partial charge is 0.340 e. The molecule has 5 heteroatoms. The van der Waals surface area contributed by atoms with Gasteiger partial charge in [0.25, 0.3) is 0 Å². The van der Waals surface area contributed by atoms with Crippen molar-refractivity contribution < 1.29 is 4.39 Å². The highest BCUT2D eigenvalue weighted by atomic mass is 79.9. The summed E-state index contributed by atoms with van der Waals surface area (Å²) < 4.78 is 13.5. The fourth-order valence-electron chi connectivity index (χ4n) is 1.12. The smallest absolute Gasteiger partial charge is 0.134 e. The second kappa shape index (κ2) is 4.35. The molecule has 1 N–H and O–H groups in total. The predicted molar refractivity (Wildman–Crippen MR) is 59.4 cm³/mol. The lowest BCUT2D eigenvalue weighted by Crippen LogP contribution is -1.94. The Morgan fingerprint density at radius 2 is 2.07 bits per heavy atom. The van der Waals surface area contributed by atoms with Gasteiger partial charge in [-0.2, -0.15) is 0 Å². The lowest BCUT2D eigenvalue weighted by Gasteiger charge is -2.04. The Bertz CT molecular complexity index is 432. The van der Waals surface area contributed by atoms with Crippen molar-refractivity contribution in [3.8, 4) is 0 Å². The summed E-state index contributed by atoms with van der Waals surface area (Å²) in [5.41, 5.74) is 0.653. The highest BCUT2D eigenvalue weighted by Crippen LogP contribution is 2.16. The van der Waals surface area contributed by atoms with E-state index in [0.717, 1.165) is 0 Å². The van der Waals surface area contributed by atoms with E-state index in [2.05, 4.69) is 31.2 Å². The van der Waals surface area contributed by atoms with Gasteiger partial charge in [-0.25, -0.2) is 14.4 Å². The van der Waals surface area contributed by atoms with Crippen molar-refractivity contribution in [1.29, 1.82) is 0 Å². The van der Waals surface area contributed by atoms with Crippen molar-refractivity contribution >= 4 is 27.4 Å². The average Bonchev–Trinajstić information content (AvgIpc) is 2.17. The molecule has 0 radical (unpaired) electrons. The summed E-state index contributed by atoms with van der Waals surface area (Å²) in [6.07, 6.45) is 1.42. The molecule has 1 aromatic heterocycles.